The molecule has 2 amide bonds. The Morgan fingerprint density at radius 1 is 1.25 bits per heavy atom. The molecule has 0 spiro atoms. The molecule has 0 radical (unpaired) electrons. The SMILES string of the molecule is Cl.O=C(c1cc(C2CC2)[nH]n1)N1CCCC(N2CCNCC2=O)C1. The summed E-state index contributed by atoms with van der Waals surface area (Å²) in [6, 6.07) is 2.05. The number of hydrogen-bond donors (Lipinski definition) is 2. The highest BCUT2D eigenvalue weighted by Crippen LogP contribution is 2.39. The van der Waals surface area contributed by atoms with Crippen LogP contribution in [-0.2, 0) is 4.79 Å². The Labute approximate surface area is 147 Å². The highest BCUT2D eigenvalue weighted by Gasteiger charge is 2.33. The molecule has 2 N–H and O–H groups in total. The number of hydrogen-bond acceptors (Lipinski definition) is 4. The maximum Gasteiger partial charge on any atom is 0.274 e. The van der Waals surface area contributed by atoms with Gasteiger partial charge in [0, 0.05) is 43.8 Å². The third kappa shape index (κ3) is 3.42. The van der Waals surface area contributed by atoms with Crippen molar-refractivity contribution in [2.45, 2.75) is 37.6 Å². The summed E-state index contributed by atoms with van der Waals surface area (Å²) in [7, 11) is 0. The lowest BCUT2D eigenvalue weighted by Crippen LogP contribution is -2.57. The van der Waals surface area contributed by atoms with E-state index in [0.717, 1.165) is 38.2 Å². The quantitative estimate of drug-likeness (QED) is 0.840. The van der Waals surface area contributed by atoms with Crippen LogP contribution in [0, 0.1) is 0 Å². The van der Waals surface area contributed by atoms with Gasteiger partial charge in [0.25, 0.3) is 5.91 Å². The Morgan fingerprint density at radius 2 is 2.08 bits per heavy atom. The number of amides is 2. The molecule has 4 rings (SSSR count). The molecule has 3 aliphatic rings. The Bertz CT molecular complexity index is 615. The van der Waals surface area contributed by atoms with Crippen LogP contribution in [0.5, 0.6) is 0 Å². The molecule has 2 aliphatic heterocycles. The molecule has 7 nitrogen and oxygen atoms in total. The van der Waals surface area contributed by atoms with Crippen LogP contribution in [0.1, 0.15) is 47.8 Å². The molecule has 24 heavy (non-hydrogen) atoms. The molecule has 1 saturated carbocycles. The van der Waals surface area contributed by atoms with Crippen molar-refractivity contribution in [3.8, 4) is 0 Å². The van der Waals surface area contributed by atoms with Crippen LogP contribution < -0.4 is 5.32 Å². The van der Waals surface area contributed by atoms with Gasteiger partial charge in [0.1, 0.15) is 5.69 Å². The molecule has 8 heteroatoms. The number of piperazine rings is 1. The van der Waals surface area contributed by atoms with E-state index in [9.17, 15) is 9.59 Å². The molecule has 132 valence electrons. The second-order valence-electron chi connectivity index (χ2n) is 6.79. The number of carbonyl (C=O) groups is 2. The molecule has 0 bridgehead atoms. The third-order valence-electron chi connectivity index (χ3n) is 5.08. The molecule has 1 unspecified atom stereocenters. The van der Waals surface area contributed by atoms with Crippen LogP contribution in [0.2, 0.25) is 0 Å². The van der Waals surface area contributed by atoms with Gasteiger partial charge in [0.15, 0.2) is 0 Å². The van der Waals surface area contributed by atoms with Crippen molar-refractivity contribution >= 4 is 24.2 Å². The molecule has 3 heterocycles. The Kier molecular flexibility index (Phi) is 5.10. The first-order chi connectivity index (χ1) is 11.2. The zero-order valence-electron chi connectivity index (χ0n) is 13.7. The molecular formula is C16H24ClN5O2. The van der Waals surface area contributed by atoms with Crippen molar-refractivity contribution < 1.29 is 9.59 Å². The summed E-state index contributed by atoms with van der Waals surface area (Å²) in [4.78, 5) is 28.6. The zero-order valence-corrected chi connectivity index (χ0v) is 14.5. The van der Waals surface area contributed by atoms with E-state index in [1.165, 1.54) is 12.8 Å². The van der Waals surface area contributed by atoms with Gasteiger partial charge in [-0.05, 0) is 31.7 Å². The lowest BCUT2D eigenvalue weighted by molar-refractivity contribution is -0.135. The van der Waals surface area contributed by atoms with E-state index in [2.05, 4.69) is 15.5 Å². The fourth-order valence-electron chi connectivity index (χ4n) is 3.61. The van der Waals surface area contributed by atoms with Gasteiger partial charge in [-0.1, -0.05) is 0 Å². The van der Waals surface area contributed by atoms with Crippen molar-refractivity contribution in [2.24, 2.45) is 0 Å². The first-order valence-electron chi connectivity index (χ1n) is 8.57. The van der Waals surface area contributed by atoms with E-state index in [0.29, 0.717) is 24.7 Å². The summed E-state index contributed by atoms with van der Waals surface area (Å²) in [5, 5.41) is 10.3. The smallest absolute Gasteiger partial charge is 0.274 e. The number of nitrogens with zero attached hydrogens (tertiary/aromatic N) is 3. The molecule has 1 aromatic rings. The van der Waals surface area contributed by atoms with Crippen LogP contribution in [0.25, 0.3) is 0 Å². The highest BCUT2D eigenvalue weighted by atomic mass is 35.5. The molecular weight excluding hydrogens is 330 g/mol. The largest absolute Gasteiger partial charge is 0.336 e. The molecule has 1 atom stereocenters. The van der Waals surface area contributed by atoms with E-state index >= 15 is 0 Å². The lowest BCUT2D eigenvalue weighted by Gasteiger charge is -2.40. The van der Waals surface area contributed by atoms with Crippen molar-refractivity contribution in [1.82, 2.24) is 25.3 Å². The predicted molar refractivity (Wildman–Crippen MR) is 91.3 cm³/mol. The molecule has 3 fully saturated rings. The maximum absolute atomic E-state index is 12.7. The van der Waals surface area contributed by atoms with Gasteiger partial charge in [-0.15, -0.1) is 12.4 Å². The average molecular weight is 354 g/mol. The first-order valence-corrected chi connectivity index (χ1v) is 8.57. The second-order valence-corrected chi connectivity index (χ2v) is 6.79. The van der Waals surface area contributed by atoms with E-state index in [4.69, 9.17) is 0 Å². The average Bonchev–Trinajstić information content (AvgIpc) is 3.32. The van der Waals surface area contributed by atoms with Crippen LogP contribution in [0.4, 0.5) is 0 Å². The minimum Gasteiger partial charge on any atom is -0.336 e. The van der Waals surface area contributed by atoms with Crippen molar-refractivity contribution in [3.63, 3.8) is 0 Å². The zero-order chi connectivity index (χ0) is 15.8. The summed E-state index contributed by atoms with van der Waals surface area (Å²) in [5.41, 5.74) is 1.60. The van der Waals surface area contributed by atoms with E-state index in [1.54, 1.807) is 0 Å². The third-order valence-corrected chi connectivity index (χ3v) is 5.08. The van der Waals surface area contributed by atoms with Crippen LogP contribution in [0.15, 0.2) is 6.07 Å². The van der Waals surface area contributed by atoms with Crippen LogP contribution in [-0.4, -0.2) is 70.6 Å². The van der Waals surface area contributed by atoms with Crippen LogP contribution >= 0.6 is 12.4 Å². The standard InChI is InChI=1S/C16H23N5O2.ClH/c22-15-9-17-5-7-21(15)12-2-1-6-20(10-12)16(23)14-8-13(18-19-14)11-3-4-11;/h8,11-12,17H,1-7,9-10H2,(H,18,19);1H. The number of likely N-dealkylation sites (tertiary alicyclic amines) is 1. The summed E-state index contributed by atoms with van der Waals surface area (Å²) in [5.74, 6) is 0.698. The number of aromatic nitrogens is 2. The van der Waals surface area contributed by atoms with E-state index < -0.39 is 0 Å². The molecule has 1 aromatic heterocycles. The number of carbonyl (C=O) groups excluding carboxylic acids is 2. The molecule has 2 saturated heterocycles. The predicted octanol–water partition coefficient (Wildman–Crippen LogP) is 0.745. The Morgan fingerprint density at radius 3 is 2.83 bits per heavy atom. The monoisotopic (exact) mass is 353 g/mol. The number of H-pyrrole nitrogens is 1. The van der Waals surface area contributed by atoms with Gasteiger partial charge in [-0.3, -0.25) is 14.7 Å². The van der Waals surface area contributed by atoms with Gasteiger partial charge < -0.3 is 15.1 Å². The number of nitrogens with one attached hydrogen (secondary N) is 2. The Hall–Kier alpha value is -1.60. The van der Waals surface area contributed by atoms with Gasteiger partial charge >= 0.3 is 0 Å². The van der Waals surface area contributed by atoms with Crippen molar-refractivity contribution in [2.75, 3.05) is 32.7 Å². The first kappa shape index (κ1) is 17.2. The van der Waals surface area contributed by atoms with Gasteiger partial charge in [0.05, 0.1) is 6.54 Å². The van der Waals surface area contributed by atoms with Gasteiger partial charge in [0.2, 0.25) is 5.91 Å². The highest BCUT2D eigenvalue weighted by molar-refractivity contribution is 5.92. The minimum absolute atomic E-state index is 0. The van der Waals surface area contributed by atoms with Gasteiger partial charge in [-0.25, -0.2) is 0 Å². The fourth-order valence-corrected chi connectivity index (χ4v) is 3.61. The second kappa shape index (κ2) is 7.11. The molecule has 0 aromatic carbocycles. The number of piperidine rings is 1. The maximum atomic E-state index is 12.7. The lowest BCUT2D eigenvalue weighted by atomic mass is 10.0. The number of rotatable bonds is 3. The number of halogens is 1. The Balaban J connectivity index is 0.00000169. The minimum atomic E-state index is -0.0135. The molecule has 1 aliphatic carbocycles. The van der Waals surface area contributed by atoms with E-state index in [-0.39, 0.29) is 30.3 Å². The summed E-state index contributed by atoms with van der Waals surface area (Å²) in [6.45, 7) is 3.35. The van der Waals surface area contributed by atoms with Crippen molar-refractivity contribution in [3.05, 3.63) is 17.5 Å². The van der Waals surface area contributed by atoms with Crippen molar-refractivity contribution in [1.29, 1.82) is 0 Å². The normalized spacial score (nSPS) is 24.7. The van der Waals surface area contributed by atoms with E-state index in [1.807, 2.05) is 15.9 Å². The van der Waals surface area contributed by atoms with Crippen LogP contribution in [0.3, 0.4) is 0 Å². The summed E-state index contributed by atoms with van der Waals surface area (Å²) in [6.07, 6.45) is 4.29. The summed E-state index contributed by atoms with van der Waals surface area (Å²) < 4.78 is 0. The fraction of sp³-hybridized carbons (Fsp3) is 0.688. The summed E-state index contributed by atoms with van der Waals surface area (Å²) >= 11 is 0. The number of aromatic amines is 1. The van der Waals surface area contributed by atoms with Gasteiger partial charge in [-0.2, -0.15) is 5.10 Å². The topological polar surface area (TPSA) is 81.3 Å².